The smallest absolute Gasteiger partial charge is 0.231 e. The van der Waals surface area contributed by atoms with Crippen molar-refractivity contribution in [2.75, 3.05) is 8.61 Å². The Morgan fingerprint density at radius 1 is 0.471 bits per heavy atom. The first-order valence-corrected chi connectivity index (χ1v) is 12.0. The van der Waals surface area contributed by atoms with Crippen LogP contribution in [0.4, 0.5) is 49.1 Å². The van der Waals surface area contributed by atoms with E-state index in [2.05, 4.69) is 0 Å². The van der Waals surface area contributed by atoms with Crippen LogP contribution in [0.5, 0.6) is 0 Å². The van der Waals surface area contributed by atoms with Crippen LogP contribution < -0.4 is 8.61 Å². The minimum atomic E-state index is -6.07. The summed E-state index contributed by atoms with van der Waals surface area (Å²) >= 11 is 0. The molecule has 0 atom stereocenters. The minimum absolute atomic E-state index is 0.125. The number of para-hydroxylation sites is 2. The highest BCUT2D eigenvalue weighted by Crippen LogP contribution is 2.41. The third kappa shape index (κ3) is 4.68. The van der Waals surface area contributed by atoms with Crippen LogP contribution in [-0.4, -0.2) is 27.9 Å². The molecule has 0 fully saturated rings. The first-order chi connectivity index (χ1) is 15.7. The van der Waals surface area contributed by atoms with Gasteiger partial charge in [0.1, 0.15) is 0 Å². The molecule has 14 heteroatoms. The first-order valence-electron chi connectivity index (χ1n) is 9.11. The van der Waals surface area contributed by atoms with E-state index in [4.69, 9.17) is 0 Å². The molecule has 3 aromatic rings. The second-order valence-electron chi connectivity index (χ2n) is 6.62. The molecule has 34 heavy (non-hydrogen) atoms. The number of halogens is 6. The summed E-state index contributed by atoms with van der Waals surface area (Å²) in [6.45, 7) is 0. The molecule has 0 unspecified atom stereocenters. The van der Waals surface area contributed by atoms with Crippen LogP contribution in [0.15, 0.2) is 84.9 Å². The lowest BCUT2D eigenvalue weighted by Crippen LogP contribution is -2.39. The highest BCUT2D eigenvalue weighted by Gasteiger charge is 2.52. The zero-order valence-corrected chi connectivity index (χ0v) is 18.3. The maximum Gasteiger partial charge on any atom is 0.517 e. The predicted molar refractivity (Wildman–Crippen MR) is 114 cm³/mol. The Kier molecular flexibility index (Phi) is 6.59. The second-order valence-corrected chi connectivity index (χ2v) is 10.2. The molecule has 0 aliphatic carbocycles. The lowest BCUT2D eigenvalue weighted by Gasteiger charge is -2.28. The molecular weight excluding hydrogens is 510 g/mol. The van der Waals surface area contributed by atoms with Crippen LogP contribution in [0.2, 0.25) is 0 Å². The summed E-state index contributed by atoms with van der Waals surface area (Å²) < 4.78 is 130. The fourth-order valence-electron chi connectivity index (χ4n) is 2.93. The van der Waals surface area contributed by atoms with Gasteiger partial charge in [-0.3, -0.25) is 0 Å². The molecule has 0 aromatic heterocycles. The molecule has 0 aliphatic rings. The summed E-state index contributed by atoms with van der Waals surface area (Å²) in [5.41, 5.74) is -14.0. The first kappa shape index (κ1) is 25.4. The van der Waals surface area contributed by atoms with Gasteiger partial charge in [0.15, 0.2) is 0 Å². The Morgan fingerprint density at radius 3 is 1.06 bits per heavy atom. The lowest BCUT2D eigenvalue weighted by atomic mass is 10.2. The monoisotopic (exact) mass is 524 g/mol. The van der Waals surface area contributed by atoms with Gasteiger partial charge in [-0.2, -0.15) is 43.2 Å². The van der Waals surface area contributed by atoms with Crippen molar-refractivity contribution in [1.29, 1.82) is 0 Å². The van der Waals surface area contributed by atoms with Crippen molar-refractivity contribution in [3.05, 3.63) is 84.9 Å². The molecule has 0 N–H and O–H groups in total. The molecule has 0 saturated carbocycles. The molecule has 182 valence electrons. The van der Waals surface area contributed by atoms with Gasteiger partial charge in [0.05, 0.1) is 22.7 Å². The van der Waals surface area contributed by atoms with Crippen LogP contribution >= 0.6 is 0 Å². The van der Waals surface area contributed by atoms with Gasteiger partial charge in [-0.15, -0.1) is 0 Å². The van der Waals surface area contributed by atoms with Crippen molar-refractivity contribution in [2.24, 2.45) is 0 Å². The standard InChI is InChI=1S/C20H14F6N2O4S2/c21-19(22,23)33(29,30)27(15-8-3-1-4-9-15)17-12-7-13-18(14-17)28(16-10-5-2-6-11-16)34(31,32)20(24,25)26/h1-14H. The van der Waals surface area contributed by atoms with E-state index in [1.807, 2.05) is 0 Å². The number of nitrogens with zero attached hydrogens (tertiary/aromatic N) is 2. The Hall–Kier alpha value is -3.26. The van der Waals surface area contributed by atoms with Gasteiger partial charge in [-0.1, -0.05) is 42.5 Å². The number of benzene rings is 3. The summed E-state index contributed by atoms with van der Waals surface area (Å²) in [4.78, 5) is 0. The average molecular weight is 524 g/mol. The molecule has 3 rings (SSSR count). The molecule has 3 aromatic carbocycles. The van der Waals surface area contributed by atoms with Gasteiger partial charge in [-0.25, -0.2) is 8.61 Å². The average Bonchev–Trinajstić information content (AvgIpc) is 2.74. The number of hydrogen-bond donors (Lipinski definition) is 0. The number of rotatable bonds is 6. The van der Waals surface area contributed by atoms with Crippen LogP contribution in [-0.2, 0) is 20.0 Å². The van der Waals surface area contributed by atoms with Crippen LogP contribution in [0.25, 0.3) is 0 Å². The Bertz CT molecular complexity index is 1260. The van der Waals surface area contributed by atoms with Gasteiger partial charge in [-0.05, 0) is 42.5 Å². The highest BCUT2D eigenvalue weighted by molar-refractivity contribution is 7.94. The number of hydrogen-bond acceptors (Lipinski definition) is 4. The van der Waals surface area contributed by atoms with Gasteiger partial charge < -0.3 is 0 Å². The number of alkyl halides is 6. The summed E-state index contributed by atoms with van der Waals surface area (Å²) in [6, 6.07) is 15.3. The van der Waals surface area contributed by atoms with Gasteiger partial charge in [0.2, 0.25) is 0 Å². The van der Waals surface area contributed by atoms with E-state index in [0.29, 0.717) is 6.07 Å². The van der Waals surface area contributed by atoms with E-state index >= 15 is 0 Å². The Morgan fingerprint density at radius 2 is 0.765 bits per heavy atom. The minimum Gasteiger partial charge on any atom is -0.231 e. The van der Waals surface area contributed by atoms with Gasteiger partial charge in [0, 0.05) is 0 Å². The third-order valence-corrected chi connectivity index (χ3v) is 7.32. The van der Waals surface area contributed by atoms with Crippen LogP contribution in [0.1, 0.15) is 0 Å². The summed E-state index contributed by atoms with van der Waals surface area (Å²) in [6.07, 6.45) is 0. The fourth-order valence-corrected chi connectivity index (χ4v) is 4.93. The van der Waals surface area contributed by atoms with Crippen LogP contribution in [0.3, 0.4) is 0 Å². The maximum atomic E-state index is 13.4. The Labute approximate surface area is 190 Å². The van der Waals surface area contributed by atoms with E-state index < -0.39 is 53.8 Å². The fraction of sp³-hybridized carbons (Fsp3) is 0.100. The zero-order chi connectivity index (χ0) is 25.4. The topological polar surface area (TPSA) is 74.8 Å². The molecule has 0 aliphatic heterocycles. The third-order valence-electron chi connectivity index (χ3n) is 4.35. The number of anilines is 4. The van der Waals surface area contributed by atoms with Crippen molar-refractivity contribution in [3.63, 3.8) is 0 Å². The quantitative estimate of drug-likeness (QED) is 0.390. The lowest BCUT2D eigenvalue weighted by molar-refractivity contribution is -0.0441. The van der Waals surface area contributed by atoms with E-state index in [1.165, 1.54) is 36.4 Å². The SMILES string of the molecule is O=S(=O)(N(c1ccccc1)c1cccc(N(c2ccccc2)S(=O)(=O)C(F)(F)F)c1)C(F)(F)F. The molecular formula is C20H14F6N2O4S2. The zero-order valence-electron chi connectivity index (χ0n) is 16.7. The maximum absolute atomic E-state index is 13.4. The van der Waals surface area contributed by atoms with Crippen molar-refractivity contribution in [2.45, 2.75) is 11.0 Å². The van der Waals surface area contributed by atoms with Gasteiger partial charge >= 0.3 is 31.1 Å². The van der Waals surface area contributed by atoms with Crippen LogP contribution in [0, 0.1) is 0 Å². The molecule has 0 amide bonds. The highest BCUT2D eigenvalue weighted by atomic mass is 32.2. The van der Waals surface area contributed by atoms with Crippen molar-refractivity contribution < 1.29 is 43.2 Å². The largest absolute Gasteiger partial charge is 0.517 e. The summed E-state index contributed by atoms with van der Waals surface area (Å²) in [5, 5.41) is 0. The molecule has 0 spiro atoms. The normalized spacial score (nSPS) is 12.9. The summed E-state index contributed by atoms with van der Waals surface area (Å²) in [7, 11) is -12.1. The Balaban J connectivity index is 2.29. The molecule has 0 radical (unpaired) electrons. The van der Waals surface area contributed by atoms with Gasteiger partial charge in [0.25, 0.3) is 0 Å². The van der Waals surface area contributed by atoms with E-state index in [1.54, 1.807) is 0 Å². The van der Waals surface area contributed by atoms with E-state index in [-0.39, 0.29) is 8.61 Å². The molecule has 0 heterocycles. The van der Waals surface area contributed by atoms with E-state index in [9.17, 15) is 43.2 Å². The molecule has 0 bridgehead atoms. The molecule has 6 nitrogen and oxygen atoms in total. The predicted octanol–water partition coefficient (Wildman–Crippen LogP) is 5.66. The second kappa shape index (κ2) is 8.83. The van der Waals surface area contributed by atoms with Crippen molar-refractivity contribution in [3.8, 4) is 0 Å². The number of sulfonamides is 2. The summed E-state index contributed by atoms with van der Waals surface area (Å²) in [5.74, 6) is 0. The van der Waals surface area contributed by atoms with Crippen molar-refractivity contribution >= 4 is 42.8 Å². The van der Waals surface area contributed by atoms with E-state index in [0.717, 1.165) is 42.5 Å². The van der Waals surface area contributed by atoms with Crippen molar-refractivity contribution in [1.82, 2.24) is 0 Å². The molecule has 0 saturated heterocycles.